The second kappa shape index (κ2) is 7.00. The summed E-state index contributed by atoms with van der Waals surface area (Å²) in [5.74, 6) is -0.126. The Balaban J connectivity index is 1.75. The van der Waals surface area contributed by atoms with Crippen LogP contribution in [0.1, 0.15) is 29.8 Å². The third-order valence-electron chi connectivity index (χ3n) is 3.89. The highest BCUT2D eigenvalue weighted by Gasteiger charge is 2.33. The summed E-state index contributed by atoms with van der Waals surface area (Å²) < 4.78 is 6.07. The highest BCUT2D eigenvalue weighted by molar-refractivity contribution is 9.10. The normalized spacial score (nSPS) is 17.8. The van der Waals surface area contributed by atoms with E-state index >= 15 is 0 Å². The summed E-state index contributed by atoms with van der Waals surface area (Å²) >= 11 is 3.38. The Labute approximate surface area is 142 Å². The molecule has 0 aliphatic carbocycles. The molecule has 0 saturated carbocycles. The monoisotopic (exact) mass is 376 g/mol. The second-order valence-corrected chi connectivity index (χ2v) is 6.40. The van der Waals surface area contributed by atoms with E-state index in [0.717, 1.165) is 17.3 Å². The molecule has 1 aromatic heterocycles. The lowest BCUT2D eigenvalue weighted by molar-refractivity contribution is -0.121. The number of likely N-dealkylation sites (tertiary alicyclic amines) is 1. The van der Waals surface area contributed by atoms with Gasteiger partial charge in [0, 0.05) is 16.7 Å². The molecular formula is C17H17BrN2O3. The van der Waals surface area contributed by atoms with Gasteiger partial charge in [0.1, 0.15) is 6.04 Å². The van der Waals surface area contributed by atoms with Crippen LogP contribution in [0.2, 0.25) is 0 Å². The van der Waals surface area contributed by atoms with Crippen LogP contribution in [-0.4, -0.2) is 29.3 Å². The first-order chi connectivity index (χ1) is 11.1. The smallest absolute Gasteiger partial charge is 0.290 e. The third-order valence-corrected chi connectivity index (χ3v) is 4.38. The summed E-state index contributed by atoms with van der Waals surface area (Å²) in [6, 6.07) is 10.2. The topological polar surface area (TPSA) is 62.6 Å². The molecule has 2 aromatic rings. The Bertz CT molecular complexity index is 700. The number of anilines is 1. The molecule has 1 atom stereocenters. The highest BCUT2D eigenvalue weighted by atomic mass is 79.9. The average Bonchev–Trinajstić information content (AvgIpc) is 3.08. The van der Waals surface area contributed by atoms with Crippen LogP contribution in [0, 0.1) is 0 Å². The number of benzene rings is 1. The summed E-state index contributed by atoms with van der Waals surface area (Å²) in [5, 5.41) is 2.89. The van der Waals surface area contributed by atoms with Crippen LogP contribution in [0.5, 0.6) is 0 Å². The van der Waals surface area contributed by atoms with Crippen LogP contribution in [0.15, 0.2) is 51.6 Å². The molecule has 1 unspecified atom stereocenters. The fraction of sp³-hybridized carbons (Fsp3) is 0.294. The minimum atomic E-state index is -0.472. The van der Waals surface area contributed by atoms with Crippen molar-refractivity contribution in [2.24, 2.45) is 0 Å². The summed E-state index contributed by atoms with van der Waals surface area (Å²) in [6.45, 7) is 0.566. The number of piperidine rings is 1. The van der Waals surface area contributed by atoms with Gasteiger partial charge in [0.25, 0.3) is 5.91 Å². The van der Waals surface area contributed by atoms with E-state index in [2.05, 4.69) is 21.2 Å². The molecule has 1 aliphatic rings. The van der Waals surface area contributed by atoms with E-state index in [1.165, 1.54) is 6.26 Å². The van der Waals surface area contributed by atoms with Gasteiger partial charge in [0.2, 0.25) is 5.91 Å². The molecule has 120 valence electrons. The molecule has 1 aromatic carbocycles. The summed E-state index contributed by atoms with van der Waals surface area (Å²) in [5.41, 5.74) is 0.709. The minimum absolute atomic E-state index is 0.164. The standard InChI is InChI=1S/C17H17BrN2O3/c18-12-5-3-6-13(11-12)19-16(21)14-7-1-2-9-20(14)17(22)15-8-4-10-23-15/h3-6,8,10-11,14H,1-2,7,9H2,(H,19,21). The zero-order valence-electron chi connectivity index (χ0n) is 12.5. The molecule has 1 saturated heterocycles. The molecule has 5 nitrogen and oxygen atoms in total. The molecule has 2 heterocycles. The van der Waals surface area contributed by atoms with Gasteiger partial charge in [-0.1, -0.05) is 22.0 Å². The van der Waals surface area contributed by atoms with Crippen molar-refractivity contribution in [3.05, 3.63) is 52.9 Å². The van der Waals surface area contributed by atoms with Crippen molar-refractivity contribution in [2.75, 3.05) is 11.9 Å². The number of hydrogen-bond acceptors (Lipinski definition) is 3. The predicted octanol–water partition coefficient (Wildman–Crippen LogP) is 3.68. The quantitative estimate of drug-likeness (QED) is 0.888. The maximum atomic E-state index is 12.6. The number of rotatable bonds is 3. The number of carbonyl (C=O) groups excluding carboxylic acids is 2. The number of carbonyl (C=O) groups is 2. The molecule has 1 fully saturated rings. The molecule has 1 aliphatic heterocycles. The minimum Gasteiger partial charge on any atom is -0.459 e. The number of halogens is 1. The summed E-state index contributed by atoms with van der Waals surface area (Å²) in [4.78, 5) is 26.7. The first-order valence-corrected chi connectivity index (χ1v) is 8.35. The fourth-order valence-corrected chi connectivity index (χ4v) is 3.18. The van der Waals surface area contributed by atoms with Crippen LogP contribution in [0.3, 0.4) is 0 Å². The number of furan rings is 1. The van der Waals surface area contributed by atoms with Crippen LogP contribution >= 0.6 is 15.9 Å². The zero-order valence-corrected chi connectivity index (χ0v) is 14.1. The largest absolute Gasteiger partial charge is 0.459 e. The van der Waals surface area contributed by atoms with Crippen LogP contribution in [0.4, 0.5) is 5.69 Å². The van der Waals surface area contributed by atoms with Gasteiger partial charge in [-0.15, -0.1) is 0 Å². The van der Waals surface area contributed by atoms with E-state index in [1.807, 2.05) is 24.3 Å². The van der Waals surface area contributed by atoms with E-state index in [1.54, 1.807) is 17.0 Å². The first-order valence-electron chi connectivity index (χ1n) is 7.56. The second-order valence-electron chi connectivity index (χ2n) is 5.49. The SMILES string of the molecule is O=C(Nc1cccc(Br)c1)C1CCCCN1C(=O)c1ccco1. The van der Waals surface area contributed by atoms with Crippen molar-refractivity contribution >= 4 is 33.4 Å². The zero-order chi connectivity index (χ0) is 16.2. The van der Waals surface area contributed by atoms with Gasteiger partial charge in [-0.25, -0.2) is 0 Å². The molecule has 23 heavy (non-hydrogen) atoms. The fourth-order valence-electron chi connectivity index (χ4n) is 2.78. The van der Waals surface area contributed by atoms with Gasteiger partial charge in [0.15, 0.2) is 5.76 Å². The molecule has 6 heteroatoms. The summed E-state index contributed by atoms with van der Waals surface area (Å²) in [6.07, 6.45) is 3.95. The predicted molar refractivity (Wildman–Crippen MR) is 90.2 cm³/mol. The highest BCUT2D eigenvalue weighted by Crippen LogP contribution is 2.22. The van der Waals surface area contributed by atoms with Crippen molar-refractivity contribution < 1.29 is 14.0 Å². The number of nitrogens with zero attached hydrogens (tertiary/aromatic N) is 1. The van der Waals surface area contributed by atoms with Gasteiger partial charge in [-0.2, -0.15) is 0 Å². The molecule has 0 bridgehead atoms. The maximum absolute atomic E-state index is 12.6. The number of amides is 2. The Morgan fingerprint density at radius 3 is 2.83 bits per heavy atom. The van der Waals surface area contributed by atoms with E-state index in [0.29, 0.717) is 18.7 Å². The molecule has 3 rings (SSSR count). The first kappa shape index (κ1) is 15.8. The molecule has 0 radical (unpaired) electrons. The Morgan fingerprint density at radius 1 is 1.22 bits per heavy atom. The Hall–Kier alpha value is -2.08. The third kappa shape index (κ3) is 3.64. The van der Waals surface area contributed by atoms with Crippen molar-refractivity contribution in [2.45, 2.75) is 25.3 Å². The van der Waals surface area contributed by atoms with Gasteiger partial charge >= 0.3 is 0 Å². The van der Waals surface area contributed by atoms with Gasteiger partial charge in [0.05, 0.1) is 6.26 Å². The van der Waals surface area contributed by atoms with Crippen molar-refractivity contribution in [1.29, 1.82) is 0 Å². The van der Waals surface area contributed by atoms with Crippen molar-refractivity contribution in [3.63, 3.8) is 0 Å². The van der Waals surface area contributed by atoms with Crippen LogP contribution < -0.4 is 5.32 Å². The van der Waals surface area contributed by atoms with Crippen molar-refractivity contribution in [3.8, 4) is 0 Å². The molecule has 2 amide bonds. The molecular weight excluding hydrogens is 360 g/mol. The lowest BCUT2D eigenvalue weighted by Crippen LogP contribution is -2.49. The van der Waals surface area contributed by atoms with Crippen molar-refractivity contribution in [1.82, 2.24) is 4.90 Å². The van der Waals surface area contributed by atoms with Crippen LogP contribution in [-0.2, 0) is 4.79 Å². The number of nitrogens with one attached hydrogen (secondary N) is 1. The average molecular weight is 377 g/mol. The van der Waals surface area contributed by atoms with E-state index in [4.69, 9.17) is 4.42 Å². The van der Waals surface area contributed by atoms with Gasteiger partial charge < -0.3 is 14.6 Å². The van der Waals surface area contributed by atoms with E-state index in [-0.39, 0.29) is 17.6 Å². The lowest BCUT2D eigenvalue weighted by atomic mass is 10.0. The van der Waals surface area contributed by atoms with Crippen LogP contribution in [0.25, 0.3) is 0 Å². The van der Waals surface area contributed by atoms with Gasteiger partial charge in [-0.05, 0) is 49.6 Å². The maximum Gasteiger partial charge on any atom is 0.290 e. The molecule has 1 N–H and O–H groups in total. The lowest BCUT2D eigenvalue weighted by Gasteiger charge is -2.34. The molecule has 0 spiro atoms. The number of hydrogen-bond donors (Lipinski definition) is 1. The van der Waals surface area contributed by atoms with E-state index < -0.39 is 6.04 Å². The van der Waals surface area contributed by atoms with Gasteiger partial charge in [-0.3, -0.25) is 9.59 Å². The Kier molecular flexibility index (Phi) is 4.81. The Morgan fingerprint density at radius 2 is 2.09 bits per heavy atom. The van der Waals surface area contributed by atoms with E-state index in [9.17, 15) is 9.59 Å². The summed E-state index contributed by atoms with van der Waals surface area (Å²) in [7, 11) is 0.